The van der Waals surface area contributed by atoms with Gasteiger partial charge in [-0.15, -0.1) is 0 Å². The molecule has 0 N–H and O–H groups in total. The lowest BCUT2D eigenvalue weighted by Crippen LogP contribution is -2.10. The molecule has 0 bridgehead atoms. The van der Waals surface area contributed by atoms with Gasteiger partial charge < -0.3 is 4.90 Å². The molecule has 0 aliphatic rings. The van der Waals surface area contributed by atoms with Crippen molar-refractivity contribution in [1.82, 2.24) is 8.80 Å². The maximum Gasteiger partial charge on any atom is 0.131 e. The number of fused-ring (bicyclic) bond motifs is 12. The number of anilines is 3. The molecule has 0 unspecified atom stereocenters. The molecule has 0 saturated heterocycles. The van der Waals surface area contributed by atoms with Gasteiger partial charge in [-0.1, -0.05) is 133 Å². The summed E-state index contributed by atoms with van der Waals surface area (Å²) < 4.78 is 4.96. The van der Waals surface area contributed by atoms with Crippen molar-refractivity contribution in [1.29, 1.82) is 0 Å². The minimum Gasteiger partial charge on any atom is -0.310 e. The second kappa shape index (κ2) is 10.7. The molecule has 0 aliphatic carbocycles. The Bertz CT molecular complexity index is 3390. The molecule has 12 rings (SSSR count). The Labute approximate surface area is 305 Å². The van der Waals surface area contributed by atoms with Crippen molar-refractivity contribution in [3.63, 3.8) is 0 Å². The lowest BCUT2D eigenvalue weighted by molar-refractivity contribution is 1.28. The monoisotopic (exact) mass is 673 g/mol. The van der Waals surface area contributed by atoms with Gasteiger partial charge in [-0.3, -0.25) is 8.80 Å². The highest BCUT2D eigenvalue weighted by Gasteiger charge is 2.24. The average molecular weight is 674 g/mol. The lowest BCUT2D eigenvalue weighted by atomic mass is 9.98. The van der Waals surface area contributed by atoms with Crippen molar-refractivity contribution in [3.8, 4) is 11.1 Å². The Morgan fingerprint density at radius 1 is 0.340 bits per heavy atom. The van der Waals surface area contributed by atoms with Gasteiger partial charge in [-0.2, -0.15) is 0 Å². The summed E-state index contributed by atoms with van der Waals surface area (Å²) in [6, 6.07) is 69.0. The highest BCUT2D eigenvalue weighted by Crippen LogP contribution is 2.46. The molecule has 0 atom stereocenters. The fraction of sp³-hybridized carbons (Fsp3) is 0. The molecule has 9 aromatic carbocycles. The molecule has 0 saturated carbocycles. The van der Waals surface area contributed by atoms with Gasteiger partial charge in [-0.25, -0.2) is 0 Å². The molecule has 53 heavy (non-hydrogen) atoms. The minimum atomic E-state index is 1.12. The van der Waals surface area contributed by atoms with Gasteiger partial charge in [0.2, 0.25) is 0 Å². The van der Waals surface area contributed by atoms with Crippen LogP contribution in [0.4, 0.5) is 17.1 Å². The summed E-state index contributed by atoms with van der Waals surface area (Å²) in [7, 11) is 0. The van der Waals surface area contributed by atoms with E-state index in [-0.39, 0.29) is 0 Å². The van der Waals surface area contributed by atoms with E-state index < -0.39 is 0 Å². The first kappa shape index (κ1) is 28.6. The van der Waals surface area contributed by atoms with Crippen molar-refractivity contribution in [3.05, 3.63) is 188 Å². The van der Waals surface area contributed by atoms with Crippen LogP contribution in [0.15, 0.2) is 188 Å². The van der Waals surface area contributed by atoms with E-state index in [1.807, 2.05) is 0 Å². The standard InChI is InChI=1S/C50H31N3/c1-2-14-36-30-48-47(29-35(36)13-1)52-45-21-8-7-19-42(45)49-43-31-38(27-28-46(43)53(48)50(49)52)51(44-22-10-16-33-12-4-6-18-41(33)44)37-25-23-34(24-26-37)40-20-9-15-32-11-3-5-17-39(32)40/h1-31H. The molecular weight excluding hydrogens is 643 g/mol. The smallest absolute Gasteiger partial charge is 0.131 e. The molecule has 3 heterocycles. The third kappa shape index (κ3) is 3.99. The number of aromatic nitrogens is 2. The second-order valence-corrected chi connectivity index (χ2v) is 14.2. The van der Waals surface area contributed by atoms with Crippen LogP contribution in [0.1, 0.15) is 0 Å². The average Bonchev–Trinajstić information content (AvgIpc) is 3.85. The number of rotatable bonds is 4. The molecule has 3 nitrogen and oxygen atoms in total. The third-order valence-corrected chi connectivity index (χ3v) is 11.4. The first-order valence-corrected chi connectivity index (χ1v) is 18.3. The highest BCUT2D eigenvalue weighted by atomic mass is 15.1. The number of nitrogens with zero attached hydrogens (tertiary/aromatic N) is 3. The molecular formula is C50H31N3. The molecule has 3 aromatic heterocycles. The summed E-state index contributed by atoms with van der Waals surface area (Å²) >= 11 is 0. The van der Waals surface area contributed by atoms with Crippen molar-refractivity contribution in [2.75, 3.05) is 4.90 Å². The van der Waals surface area contributed by atoms with E-state index in [4.69, 9.17) is 0 Å². The van der Waals surface area contributed by atoms with Gasteiger partial charge in [0.1, 0.15) is 5.65 Å². The van der Waals surface area contributed by atoms with Crippen LogP contribution in [0.25, 0.3) is 87.3 Å². The van der Waals surface area contributed by atoms with E-state index in [2.05, 4.69) is 202 Å². The Hall–Kier alpha value is -7.10. The van der Waals surface area contributed by atoms with Crippen molar-refractivity contribution >= 4 is 93.3 Å². The number of imidazole rings is 1. The minimum absolute atomic E-state index is 1.12. The largest absolute Gasteiger partial charge is 0.310 e. The van der Waals surface area contributed by atoms with E-state index in [9.17, 15) is 0 Å². The summed E-state index contributed by atoms with van der Waals surface area (Å²) in [4.78, 5) is 2.43. The van der Waals surface area contributed by atoms with Crippen LogP contribution in [0.5, 0.6) is 0 Å². The van der Waals surface area contributed by atoms with Crippen molar-refractivity contribution in [2.45, 2.75) is 0 Å². The fourth-order valence-corrected chi connectivity index (χ4v) is 9.04. The topological polar surface area (TPSA) is 12.1 Å². The van der Waals surface area contributed by atoms with Gasteiger partial charge in [0.15, 0.2) is 0 Å². The molecule has 0 radical (unpaired) electrons. The quantitative estimate of drug-likeness (QED) is 0.181. The Morgan fingerprint density at radius 3 is 1.62 bits per heavy atom. The number of benzene rings is 9. The summed E-state index contributed by atoms with van der Waals surface area (Å²) in [5.41, 5.74) is 12.0. The van der Waals surface area contributed by atoms with Gasteiger partial charge >= 0.3 is 0 Å². The zero-order valence-electron chi connectivity index (χ0n) is 28.7. The normalized spacial score (nSPS) is 12.2. The van der Waals surface area contributed by atoms with Crippen molar-refractivity contribution < 1.29 is 0 Å². The van der Waals surface area contributed by atoms with Crippen LogP contribution in [0.3, 0.4) is 0 Å². The van der Waals surface area contributed by atoms with Crippen molar-refractivity contribution in [2.24, 2.45) is 0 Å². The highest BCUT2D eigenvalue weighted by molar-refractivity contribution is 6.25. The van der Waals surface area contributed by atoms with Crippen LogP contribution < -0.4 is 4.90 Å². The van der Waals surface area contributed by atoms with Crippen LogP contribution >= 0.6 is 0 Å². The fourth-order valence-electron chi connectivity index (χ4n) is 9.04. The van der Waals surface area contributed by atoms with E-state index in [0.717, 1.165) is 17.1 Å². The maximum absolute atomic E-state index is 2.48. The zero-order chi connectivity index (χ0) is 34.6. The molecule has 0 spiro atoms. The molecule has 0 amide bonds. The molecule has 0 fully saturated rings. The first-order valence-electron chi connectivity index (χ1n) is 18.3. The van der Waals surface area contributed by atoms with E-state index in [1.54, 1.807) is 0 Å². The van der Waals surface area contributed by atoms with E-state index in [1.165, 1.54) is 87.3 Å². The molecule has 3 heteroatoms. The summed E-state index contributed by atoms with van der Waals surface area (Å²) in [5.74, 6) is 0. The van der Waals surface area contributed by atoms with Gasteiger partial charge in [0.05, 0.1) is 27.8 Å². The first-order chi connectivity index (χ1) is 26.3. The lowest BCUT2D eigenvalue weighted by Gasteiger charge is -2.27. The molecule has 0 aliphatic heterocycles. The maximum atomic E-state index is 2.48. The SMILES string of the molecule is c1ccc2cc3c(cc2c1)n1c2ccccc2c2c4cc(N(c5ccc(-c6cccc7ccccc67)cc5)c5cccc6ccccc56)ccc4n3c21. The summed E-state index contributed by atoms with van der Waals surface area (Å²) in [6.45, 7) is 0. The van der Waals surface area contributed by atoms with E-state index in [0.29, 0.717) is 0 Å². The van der Waals surface area contributed by atoms with Gasteiger partial charge in [-0.05, 0) is 92.7 Å². The Kier molecular flexibility index (Phi) is 5.77. The molecule has 246 valence electrons. The Balaban J connectivity index is 1.12. The van der Waals surface area contributed by atoms with Gasteiger partial charge in [0.25, 0.3) is 0 Å². The molecule has 12 aromatic rings. The zero-order valence-corrected chi connectivity index (χ0v) is 28.7. The van der Waals surface area contributed by atoms with Crippen LogP contribution in [0, 0.1) is 0 Å². The van der Waals surface area contributed by atoms with Crippen LogP contribution in [-0.2, 0) is 0 Å². The van der Waals surface area contributed by atoms with E-state index >= 15 is 0 Å². The number of para-hydroxylation sites is 1. The van der Waals surface area contributed by atoms with Crippen LogP contribution in [-0.4, -0.2) is 8.80 Å². The second-order valence-electron chi connectivity index (χ2n) is 14.2. The summed E-state index contributed by atoms with van der Waals surface area (Å²) in [5, 5.41) is 11.3. The third-order valence-electron chi connectivity index (χ3n) is 11.4. The van der Waals surface area contributed by atoms with Crippen LogP contribution in [0.2, 0.25) is 0 Å². The number of hydrogen-bond acceptors (Lipinski definition) is 1. The predicted molar refractivity (Wildman–Crippen MR) is 225 cm³/mol. The number of hydrogen-bond donors (Lipinski definition) is 0. The Morgan fingerprint density at radius 2 is 0.887 bits per heavy atom. The summed E-state index contributed by atoms with van der Waals surface area (Å²) in [6.07, 6.45) is 0. The van der Waals surface area contributed by atoms with Gasteiger partial charge in [0, 0.05) is 32.9 Å². The predicted octanol–water partition coefficient (Wildman–Crippen LogP) is 13.7.